The van der Waals surface area contributed by atoms with Gasteiger partial charge in [-0.25, -0.2) is 13.8 Å². The van der Waals surface area contributed by atoms with Crippen molar-refractivity contribution in [3.8, 4) is 17.0 Å². The third-order valence-corrected chi connectivity index (χ3v) is 8.87. The molecule has 0 radical (unpaired) electrons. The number of imidazole rings is 1. The molecule has 1 fully saturated rings. The summed E-state index contributed by atoms with van der Waals surface area (Å²) in [5, 5.41) is 9.02. The minimum Gasteiger partial charge on any atom is -0.487 e. The molecule has 4 aromatic rings. The predicted octanol–water partition coefficient (Wildman–Crippen LogP) is 4.16. The molecule has 3 N–H and O–H groups in total. The minimum atomic E-state index is -1.04. The van der Waals surface area contributed by atoms with Gasteiger partial charge in [-0.05, 0) is 35.9 Å². The predicted molar refractivity (Wildman–Crippen MR) is 184 cm³/mol. The summed E-state index contributed by atoms with van der Waals surface area (Å²) in [6.45, 7) is 5.17. The van der Waals surface area contributed by atoms with Crippen LogP contribution in [0.2, 0.25) is 0 Å². The van der Waals surface area contributed by atoms with E-state index < -0.39 is 46.7 Å². The summed E-state index contributed by atoms with van der Waals surface area (Å²) in [5.74, 6) is -2.40. The van der Waals surface area contributed by atoms with Crippen LogP contribution in [0.25, 0.3) is 11.3 Å². The molecule has 1 aromatic heterocycles. The number of nitrogens with one attached hydrogen (secondary N) is 3. The Morgan fingerprint density at radius 2 is 1.71 bits per heavy atom. The van der Waals surface area contributed by atoms with Gasteiger partial charge in [-0.15, -0.1) is 0 Å². The first kappa shape index (κ1) is 35.1. The van der Waals surface area contributed by atoms with Crippen molar-refractivity contribution in [2.75, 3.05) is 26.2 Å². The third kappa shape index (κ3) is 8.21. The number of carbonyl (C=O) groups excluding carboxylic acids is 4. The average molecular weight is 697 g/mol. The highest BCUT2D eigenvalue weighted by molar-refractivity contribution is 6.12. The lowest BCUT2D eigenvalue weighted by molar-refractivity contribution is -0.137. The second-order valence-electron chi connectivity index (χ2n) is 13.2. The Balaban J connectivity index is 1.35. The molecule has 1 atom stereocenters. The van der Waals surface area contributed by atoms with Gasteiger partial charge in [-0.2, -0.15) is 0 Å². The van der Waals surface area contributed by atoms with Gasteiger partial charge in [0.2, 0.25) is 5.91 Å². The number of hydrogen-bond acceptors (Lipinski definition) is 7. The van der Waals surface area contributed by atoms with Gasteiger partial charge >= 0.3 is 0 Å². The number of carbonyl (C=O) groups is 4. The fraction of sp³-hybridized carbons (Fsp3) is 0.289. The molecule has 2 aliphatic heterocycles. The lowest BCUT2D eigenvalue weighted by atomic mass is 9.80. The quantitative estimate of drug-likeness (QED) is 0.169. The first-order valence-electron chi connectivity index (χ1n) is 16.6. The second-order valence-corrected chi connectivity index (χ2v) is 13.2. The highest BCUT2D eigenvalue weighted by Crippen LogP contribution is 2.38. The zero-order valence-electron chi connectivity index (χ0n) is 28.2. The maximum atomic E-state index is 15.1. The van der Waals surface area contributed by atoms with Gasteiger partial charge in [-0.1, -0.05) is 56.3 Å². The van der Waals surface area contributed by atoms with E-state index in [-0.39, 0.29) is 49.0 Å². The van der Waals surface area contributed by atoms with Crippen molar-refractivity contribution in [3.63, 3.8) is 0 Å². The molecular formula is C38H38F2N6O5. The highest BCUT2D eigenvalue weighted by Gasteiger charge is 2.39. The van der Waals surface area contributed by atoms with Gasteiger partial charge in [0.05, 0.1) is 17.3 Å². The van der Waals surface area contributed by atoms with Crippen LogP contribution in [0, 0.1) is 17.0 Å². The molecule has 3 aromatic carbocycles. The van der Waals surface area contributed by atoms with Crippen LogP contribution in [0.5, 0.6) is 5.75 Å². The van der Waals surface area contributed by atoms with E-state index in [1.54, 1.807) is 48.9 Å². The van der Waals surface area contributed by atoms with Crippen LogP contribution in [0.4, 0.5) is 8.78 Å². The Morgan fingerprint density at radius 3 is 2.41 bits per heavy atom. The van der Waals surface area contributed by atoms with E-state index in [2.05, 4.69) is 16.0 Å². The number of nitrogens with zero attached hydrogens (tertiary/aromatic N) is 3. The van der Waals surface area contributed by atoms with Gasteiger partial charge in [0, 0.05) is 68.5 Å². The van der Waals surface area contributed by atoms with Crippen LogP contribution in [0.15, 0.2) is 91.1 Å². The van der Waals surface area contributed by atoms with Crippen molar-refractivity contribution in [3.05, 3.63) is 120 Å². The van der Waals surface area contributed by atoms with E-state index in [4.69, 9.17) is 9.72 Å². The van der Waals surface area contributed by atoms with Crippen molar-refractivity contribution in [1.82, 2.24) is 30.4 Å². The molecule has 3 heterocycles. The number of para-hydroxylation sites is 1. The first-order chi connectivity index (χ1) is 24.5. The largest absolute Gasteiger partial charge is 0.487 e. The van der Waals surface area contributed by atoms with Gasteiger partial charge < -0.3 is 25.3 Å². The van der Waals surface area contributed by atoms with Crippen molar-refractivity contribution in [2.24, 2.45) is 5.41 Å². The standard InChI is InChI=1S/C38H38F2N6O5/c1-38(2,19-32(47)42-16-17-46-33(48)14-15-34(46)49)35(44-37(50)27-10-6-7-11-31(27)51-26-20-41-21-26)36-43-30(28-18-25(39)12-13-29(28)40)23-45(36)22-24-8-4-3-5-9-24/h3-15,18,23,26,35,41H,16-17,19-22H2,1-2H3,(H,42,47)(H,44,50)/t35-/m0/s1. The molecular weight excluding hydrogens is 658 g/mol. The minimum absolute atomic E-state index is 0.00562. The molecule has 264 valence electrons. The monoisotopic (exact) mass is 696 g/mol. The van der Waals surface area contributed by atoms with Gasteiger partial charge in [0.15, 0.2) is 0 Å². The Bertz CT molecular complexity index is 1960. The zero-order valence-corrected chi connectivity index (χ0v) is 28.2. The van der Waals surface area contributed by atoms with Gasteiger partial charge in [0.25, 0.3) is 17.7 Å². The lowest BCUT2D eigenvalue weighted by Crippen LogP contribution is -2.50. The van der Waals surface area contributed by atoms with E-state index in [9.17, 15) is 23.6 Å². The number of benzene rings is 3. The van der Waals surface area contributed by atoms with Crippen LogP contribution < -0.4 is 20.7 Å². The van der Waals surface area contributed by atoms with Gasteiger partial charge in [0.1, 0.15) is 29.3 Å². The van der Waals surface area contributed by atoms with Crippen LogP contribution in [-0.4, -0.2) is 70.4 Å². The smallest absolute Gasteiger partial charge is 0.255 e. The molecule has 0 aliphatic carbocycles. The molecule has 1 saturated heterocycles. The maximum absolute atomic E-state index is 15.1. The number of hydrogen-bond donors (Lipinski definition) is 3. The molecule has 11 nitrogen and oxygen atoms in total. The van der Waals surface area contributed by atoms with Crippen LogP contribution in [0.3, 0.4) is 0 Å². The van der Waals surface area contributed by atoms with Crippen molar-refractivity contribution < 1.29 is 32.7 Å². The molecule has 2 aliphatic rings. The summed E-state index contributed by atoms with van der Waals surface area (Å²) in [4.78, 5) is 57.3. The molecule has 0 spiro atoms. The van der Waals surface area contributed by atoms with Crippen molar-refractivity contribution >= 4 is 23.6 Å². The van der Waals surface area contributed by atoms with Crippen LogP contribution >= 0.6 is 0 Å². The highest BCUT2D eigenvalue weighted by atomic mass is 19.1. The molecule has 51 heavy (non-hydrogen) atoms. The first-order valence-corrected chi connectivity index (χ1v) is 16.6. The summed E-state index contributed by atoms with van der Waals surface area (Å²) >= 11 is 0. The van der Waals surface area contributed by atoms with Crippen molar-refractivity contribution in [1.29, 1.82) is 0 Å². The second kappa shape index (κ2) is 15.1. The van der Waals surface area contributed by atoms with Crippen molar-refractivity contribution in [2.45, 2.75) is 39.0 Å². The van der Waals surface area contributed by atoms with E-state index >= 15 is 4.39 Å². The Morgan fingerprint density at radius 1 is 1.00 bits per heavy atom. The number of rotatable bonds is 14. The summed E-state index contributed by atoms with van der Waals surface area (Å²) < 4.78 is 37.3. The van der Waals surface area contributed by atoms with E-state index in [1.807, 2.05) is 30.3 Å². The SMILES string of the molecule is CC(C)(CC(=O)NCCN1C(=O)C=CC1=O)[C@@H](NC(=O)c1ccccc1OC1CNC1)c1nc(-c2cc(F)ccc2F)cn1Cc1ccccc1. The molecule has 0 saturated carbocycles. The van der Waals surface area contributed by atoms with E-state index in [1.165, 1.54) is 12.2 Å². The fourth-order valence-electron chi connectivity index (χ4n) is 6.03. The zero-order chi connectivity index (χ0) is 36.1. The number of ether oxygens (including phenoxy) is 1. The molecule has 13 heteroatoms. The lowest BCUT2D eigenvalue weighted by Gasteiger charge is -2.35. The topological polar surface area (TPSA) is 135 Å². The van der Waals surface area contributed by atoms with Crippen LogP contribution in [-0.2, 0) is 20.9 Å². The number of aromatic nitrogens is 2. The summed E-state index contributed by atoms with van der Waals surface area (Å²) in [6, 6.07) is 18.5. The van der Waals surface area contributed by atoms with E-state index in [0.717, 1.165) is 28.7 Å². The molecule has 0 unspecified atom stereocenters. The number of halogens is 2. The molecule has 6 rings (SSSR count). The van der Waals surface area contributed by atoms with Crippen LogP contribution in [0.1, 0.15) is 48.1 Å². The van der Waals surface area contributed by atoms with E-state index in [0.29, 0.717) is 24.7 Å². The normalized spacial score (nSPS) is 15.1. The average Bonchev–Trinajstić information content (AvgIpc) is 3.64. The fourth-order valence-corrected chi connectivity index (χ4v) is 6.03. The Hall–Kier alpha value is -5.69. The summed E-state index contributed by atoms with van der Waals surface area (Å²) in [6.07, 6.45) is 3.74. The summed E-state index contributed by atoms with van der Waals surface area (Å²) in [7, 11) is 0. The third-order valence-electron chi connectivity index (χ3n) is 8.87. The van der Waals surface area contributed by atoms with Gasteiger partial charge in [-0.3, -0.25) is 24.1 Å². The Kier molecular flexibility index (Phi) is 10.4. The maximum Gasteiger partial charge on any atom is 0.255 e. The summed E-state index contributed by atoms with van der Waals surface area (Å²) in [5.41, 5.74) is 0.215. The molecule has 0 bridgehead atoms. The Labute approximate surface area is 293 Å². The molecule has 4 amide bonds. The number of amides is 4. The number of imide groups is 1.